The Morgan fingerprint density at radius 1 is 1.42 bits per heavy atom. The van der Waals surface area contributed by atoms with Gasteiger partial charge in [-0.1, -0.05) is 6.92 Å². The van der Waals surface area contributed by atoms with Crippen molar-refractivity contribution in [1.82, 2.24) is 15.5 Å². The molecule has 19 heavy (non-hydrogen) atoms. The zero-order valence-electron chi connectivity index (χ0n) is 12.0. The molecule has 6 heteroatoms. The minimum atomic E-state index is 0. The number of halogens is 1. The van der Waals surface area contributed by atoms with Gasteiger partial charge < -0.3 is 15.4 Å². The molecule has 0 aromatic rings. The maximum absolute atomic E-state index is 5.90. The summed E-state index contributed by atoms with van der Waals surface area (Å²) in [7, 11) is 1.81. The van der Waals surface area contributed by atoms with Gasteiger partial charge in [0.2, 0.25) is 0 Å². The van der Waals surface area contributed by atoms with Gasteiger partial charge in [-0.05, 0) is 25.8 Å². The van der Waals surface area contributed by atoms with E-state index in [4.69, 9.17) is 4.74 Å². The van der Waals surface area contributed by atoms with Crippen LogP contribution in [0.3, 0.4) is 0 Å². The van der Waals surface area contributed by atoms with Crippen LogP contribution in [0.5, 0.6) is 0 Å². The molecule has 5 nitrogen and oxygen atoms in total. The Kier molecular flexibility index (Phi) is 8.01. The highest BCUT2D eigenvalue weighted by Crippen LogP contribution is 2.22. The van der Waals surface area contributed by atoms with E-state index in [1.54, 1.807) is 0 Å². The molecule has 2 aliphatic heterocycles. The molecular weight excluding hydrogens is 355 g/mol. The third-order valence-electron chi connectivity index (χ3n) is 3.72. The molecule has 2 unspecified atom stereocenters. The van der Waals surface area contributed by atoms with Crippen molar-refractivity contribution in [2.24, 2.45) is 4.99 Å². The van der Waals surface area contributed by atoms with Gasteiger partial charge in [-0.15, -0.1) is 24.0 Å². The number of fused-ring (bicyclic) bond motifs is 1. The summed E-state index contributed by atoms with van der Waals surface area (Å²) in [5.74, 6) is 0.879. The van der Waals surface area contributed by atoms with E-state index in [-0.39, 0.29) is 24.0 Å². The van der Waals surface area contributed by atoms with Crippen molar-refractivity contribution >= 4 is 29.9 Å². The smallest absolute Gasteiger partial charge is 0.191 e. The Morgan fingerprint density at radius 2 is 2.26 bits per heavy atom. The monoisotopic (exact) mass is 382 g/mol. The van der Waals surface area contributed by atoms with E-state index in [0.717, 1.165) is 38.6 Å². The molecule has 2 saturated heterocycles. The molecule has 2 fully saturated rings. The Labute approximate surface area is 133 Å². The third-order valence-corrected chi connectivity index (χ3v) is 3.72. The lowest BCUT2D eigenvalue weighted by Crippen LogP contribution is -2.51. The van der Waals surface area contributed by atoms with E-state index in [1.165, 1.54) is 19.4 Å². The molecule has 0 bridgehead atoms. The van der Waals surface area contributed by atoms with Gasteiger partial charge in [0.25, 0.3) is 0 Å². The van der Waals surface area contributed by atoms with Crippen molar-refractivity contribution in [1.29, 1.82) is 0 Å². The summed E-state index contributed by atoms with van der Waals surface area (Å²) in [4.78, 5) is 6.77. The predicted octanol–water partition coefficient (Wildman–Crippen LogP) is 1.04. The molecule has 0 aromatic carbocycles. The highest BCUT2D eigenvalue weighted by atomic mass is 127. The summed E-state index contributed by atoms with van der Waals surface area (Å²) in [6.07, 6.45) is 4.03. The Bertz CT molecular complexity index is 288. The second-order valence-electron chi connectivity index (χ2n) is 5.13. The number of hydrogen-bond acceptors (Lipinski definition) is 3. The van der Waals surface area contributed by atoms with E-state index in [0.29, 0.717) is 12.1 Å². The molecule has 2 rings (SSSR count). The fraction of sp³-hybridized carbons (Fsp3) is 0.923. The molecular formula is C13H27IN4O. The number of guanidine groups is 1. The van der Waals surface area contributed by atoms with Crippen LogP contribution in [0, 0.1) is 0 Å². The first kappa shape index (κ1) is 17.0. The molecule has 0 aliphatic carbocycles. The first-order valence-electron chi connectivity index (χ1n) is 7.13. The number of hydrogen-bond donors (Lipinski definition) is 2. The molecule has 2 aliphatic rings. The number of aliphatic imine (C=N–C) groups is 1. The molecule has 2 heterocycles. The topological polar surface area (TPSA) is 48.9 Å². The molecule has 2 N–H and O–H groups in total. The SMILES string of the molecule is CCCNC(=NC)NCC1CN2CCCC2CO1.I. The Balaban J connectivity index is 0.00000180. The first-order chi connectivity index (χ1) is 8.83. The fourth-order valence-electron chi connectivity index (χ4n) is 2.68. The summed E-state index contributed by atoms with van der Waals surface area (Å²) in [5, 5.41) is 6.62. The van der Waals surface area contributed by atoms with Crippen LogP contribution in [0.4, 0.5) is 0 Å². The van der Waals surface area contributed by atoms with Crippen LogP contribution in [-0.2, 0) is 4.74 Å². The molecule has 0 spiro atoms. The summed E-state index contributed by atoms with van der Waals surface area (Å²) in [5.41, 5.74) is 0. The van der Waals surface area contributed by atoms with Gasteiger partial charge in [0, 0.05) is 32.7 Å². The van der Waals surface area contributed by atoms with Crippen LogP contribution < -0.4 is 10.6 Å². The van der Waals surface area contributed by atoms with E-state index in [1.807, 2.05) is 7.05 Å². The number of nitrogens with one attached hydrogen (secondary N) is 2. The average molecular weight is 382 g/mol. The summed E-state index contributed by atoms with van der Waals surface area (Å²) in [6.45, 7) is 7.15. The highest BCUT2D eigenvalue weighted by molar-refractivity contribution is 14.0. The average Bonchev–Trinajstić information content (AvgIpc) is 2.86. The van der Waals surface area contributed by atoms with Crippen LogP contribution in [-0.4, -0.2) is 62.8 Å². The summed E-state index contributed by atoms with van der Waals surface area (Å²) >= 11 is 0. The van der Waals surface area contributed by atoms with E-state index >= 15 is 0 Å². The van der Waals surface area contributed by atoms with Crippen LogP contribution in [0.1, 0.15) is 26.2 Å². The first-order valence-corrected chi connectivity index (χ1v) is 7.13. The van der Waals surface area contributed by atoms with Crippen molar-refractivity contribution in [2.45, 2.75) is 38.3 Å². The van der Waals surface area contributed by atoms with Crippen molar-refractivity contribution in [2.75, 3.05) is 39.8 Å². The van der Waals surface area contributed by atoms with Gasteiger partial charge in [0.15, 0.2) is 5.96 Å². The molecule has 0 saturated carbocycles. The second-order valence-corrected chi connectivity index (χ2v) is 5.13. The number of rotatable bonds is 4. The van der Waals surface area contributed by atoms with Gasteiger partial charge in [-0.3, -0.25) is 9.89 Å². The highest BCUT2D eigenvalue weighted by Gasteiger charge is 2.31. The zero-order chi connectivity index (χ0) is 12.8. The van der Waals surface area contributed by atoms with Crippen molar-refractivity contribution in [3.05, 3.63) is 0 Å². The van der Waals surface area contributed by atoms with Crippen LogP contribution in [0.15, 0.2) is 4.99 Å². The molecule has 2 atom stereocenters. The largest absolute Gasteiger partial charge is 0.373 e. The zero-order valence-corrected chi connectivity index (χ0v) is 14.4. The lowest BCUT2D eigenvalue weighted by atomic mass is 10.2. The Hall–Kier alpha value is -0.0800. The molecule has 112 valence electrons. The van der Waals surface area contributed by atoms with Crippen LogP contribution >= 0.6 is 24.0 Å². The number of nitrogens with zero attached hydrogens (tertiary/aromatic N) is 2. The number of ether oxygens (including phenoxy) is 1. The quantitative estimate of drug-likeness (QED) is 0.434. The van der Waals surface area contributed by atoms with Gasteiger partial charge >= 0.3 is 0 Å². The molecule has 0 radical (unpaired) electrons. The van der Waals surface area contributed by atoms with E-state index in [9.17, 15) is 0 Å². The van der Waals surface area contributed by atoms with Crippen molar-refractivity contribution in [3.63, 3.8) is 0 Å². The van der Waals surface area contributed by atoms with Gasteiger partial charge in [-0.2, -0.15) is 0 Å². The van der Waals surface area contributed by atoms with Crippen LogP contribution in [0.25, 0.3) is 0 Å². The maximum atomic E-state index is 5.90. The maximum Gasteiger partial charge on any atom is 0.191 e. The summed E-state index contributed by atoms with van der Waals surface area (Å²) < 4.78 is 5.90. The van der Waals surface area contributed by atoms with Crippen molar-refractivity contribution in [3.8, 4) is 0 Å². The van der Waals surface area contributed by atoms with E-state index < -0.39 is 0 Å². The minimum Gasteiger partial charge on any atom is -0.373 e. The van der Waals surface area contributed by atoms with Crippen LogP contribution in [0.2, 0.25) is 0 Å². The predicted molar refractivity (Wildman–Crippen MR) is 89.4 cm³/mol. The fourth-order valence-corrected chi connectivity index (χ4v) is 2.68. The lowest BCUT2D eigenvalue weighted by Gasteiger charge is -2.35. The second kappa shape index (κ2) is 8.97. The van der Waals surface area contributed by atoms with Gasteiger partial charge in [0.1, 0.15) is 0 Å². The van der Waals surface area contributed by atoms with Gasteiger partial charge in [-0.25, -0.2) is 0 Å². The number of morpholine rings is 1. The Morgan fingerprint density at radius 3 is 3.00 bits per heavy atom. The third kappa shape index (κ3) is 5.07. The van der Waals surface area contributed by atoms with Crippen molar-refractivity contribution < 1.29 is 4.74 Å². The lowest BCUT2D eigenvalue weighted by molar-refractivity contribution is -0.0453. The minimum absolute atomic E-state index is 0. The standard InChI is InChI=1S/C13H26N4O.HI/c1-3-6-15-13(14-2)16-8-12-9-17-7-4-5-11(17)10-18-12;/h11-12H,3-10H2,1-2H3,(H2,14,15,16);1H. The molecule has 0 amide bonds. The van der Waals surface area contributed by atoms with E-state index in [2.05, 4.69) is 27.4 Å². The molecule has 0 aromatic heterocycles. The summed E-state index contributed by atoms with van der Waals surface area (Å²) in [6, 6.07) is 0.679. The van der Waals surface area contributed by atoms with Gasteiger partial charge in [0.05, 0.1) is 12.7 Å². The normalized spacial score (nSPS) is 27.6.